The molecule has 0 spiro atoms. The van der Waals surface area contributed by atoms with E-state index in [-0.39, 0.29) is 57.7 Å². The number of halogens is 6. The molecule has 2 amide bonds. The van der Waals surface area contributed by atoms with Crippen molar-refractivity contribution in [3.05, 3.63) is 116 Å². The van der Waals surface area contributed by atoms with Gasteiger partial charge < -0.3 is 15.3 Å². The van der Waals surface area contributed by atoms with Gasteiger partial charge in [0.1, 0.15) is 23.0 Å². The molecule has 1 aliphatic rings. The minimum atomic E-state index is -1.39. The molecule has 8 nitrogen and oxygen atoms in total. The van der Waals surface area contributed by atoms with Gasteiger partial charge >= 0.3 is 0 Å². The molecule has 6 rings (SSSR count). The Morgan fingerprint density at radius 2 is 1.39 bits per heavy atom. The molecule has 3 aromatic carbocycles. The molecule has 0 saturated heterocycles. The van der Waals surface area contributed by atoms with E-state index in [9.17, 15) is 40.7 Å². The van der Waals surface area contributed by atoms with Gasteiger partial charge in [-0.15, -0.1) is 0 Å². The van der Waals surface area contributed by atoms with Crippen LogP contribution < -0.4 is 10.9 Å². The standard InChI is InChI=1S/C32H23F6N5O3/c1-13(5-15-7-17(33)9-21(35)27(15)37)40-23-3-4-39-30(44)26(23)29-41-24-11-19-20(12-25(24)42-29)32(46)43(31(19)45)14(2)6-16-8-18(34)10-22(36)28(16)38/h3-4,7-14H,5-6H2,1-2H3,(H,41,42)(H2,39,40,44)/t13-,14-/m0/s1. The van der Waals surface area contributed by atoms with Gasteiger partial charge in [0.2, 0.25) is 0 Å². The maximum atomic E-state index is 14.3. The molecule has 3 heterocycles. The highest BCUT2D eigenvalue weighted by Crippen LogP contribution is 2.32. The highest BCUT2D eigenvalue weighted by atomic mass is 19.2. The van der Waals surface area contributed by atoms with Gasteiger partial charge in [0.05, 0.1) is 27.8 Å². The van der Waals surface area contributed by atoms with Gasteiger partial charge in [-0.25, -0.2) is 31.3 Å². The molecule has 5 aromatic rings. The molecule has 0 bridgehead atoms. The first kappa shape index (κ1) is 30.6. The molecule has 0 unspecified atom stereocenters. The average molecular weight is 640 g/mol. The minimum Gasteiger partial charge on any atom is -0.381 e. The van der Waals surface area contributed by atoms with Crippen molar-refractivity contribution in [1.29, 1.82) is 0 Å². The molecular weight excluding hydrogens is 616 g/mol. The lowest BCUT2D eigenvalue weighted by Crippen LogP contribution is -2.39. The fourth-order valence-corrected chi connectivity index (χ4v) is 5.69. The van der Waals surface area contributed by atoms with Gasteiger partial charge in [0.25, 0.3) is 17.4 Å². The Hall–Kier alpha value is -5.40. The number of H-pyrrole nitrogens is 2. The molecule has 0 saturated carbocycles. The maximum absolute atomic E-state index is 14.3. The van der Waals surface area contributed by atoms with Crippen LogP contribution in [0.1, 0.15) is 45.7 Å². The third-order valence-corrected chi connectivity index (χ3v) is 7.74. The van der Waals surface area contributed by atoms with Crippen LogP contribution in [0.5, 0.6) is 0 Å². The Balaban J connectivity index is 1.28. The average Bonchev–Trinajstić information content (AvgIpc) is 3.50. The first-order valence-corrected chi connectivity index (χ1v) is 14.0. The predicted molar refractivity (Wildman–Crippen MR) is 155 cm³/mol. The van der Waals surface area contributed by atoms with Crippen LogP contribution in [-0.2, 0) is 12.8 Å². The first-order chi connectivity index (χ1) is 21.8. The smallest absolute Gasteiger partial charge is 0.261 e. The number of nitrogens with zero attached hydrogens (tertiary/aromatic N) is 2. The van der Waals surface area contributed by atoms with Crippen LogP contribution >= 0.6 is 0 Å². The summed E-state index contributed by atoms with van der Waals surface area (Å²) in [6, 6.07) is 5.22. The first-order valence-electron chi connectivity index (χ1n) is 14.0. The number of anilines is 1. The second kappa shape index (κ2) is 11.5. The van der Waals surface area contributed by atoms with Crippen LogP contribution in [0, 0.1) is 34.9 Å². The molecule has 0 fully saturated rings. The van der Waals surface area contributed by atoms with Crippen molar-refractivity contribution < 1.29 is 35.9 Å². The second-order valence-corrected chi connectivity index (χ2v) is 11.1. The summed E-state index contributed by atoms with van der Waals surface area (Å²) in [7, 11) is 0. The monoisotopic (exact) mass is 639 g/mol. The molecular formula is C32H23F6N5O3. The molecule has 3 N–H and O–H groups in total. The van der Waals surface area contributed by atoms with Crippen LogP contribution in [0.25, 0.3) is 22.4 Å². The number of hydrogen-bond donors (Lipinski definition) is 3. The van der Waals surface area contributed by atoms with E-state index in [4.69, 9.17) is 0 Å². The fraction of sp³-hybridized carbons (Fsp3) is 0.188. The van der Waals surface area contributed by atoms with Crippen molar-refractivity contribution in [2.24, 2.45) is 0 Å². The van der Waals surface area contributed by atoms with E-state index in [0.717, 1.165) is 17.0 Å². The number of carbonyl (C=O) groups is 2. The van der Waals surface area contributed by atoms with Gasteiger partial charge in [-0.2, -0.15) is 0 Å². The lowest BCUT2D eigenvalue weighted by atomic mass is 10.0. The molecule has 14 heteroatoms. The molecule has 0 aliphatic carbocycles. The molecule has 46 heavy (non-hydrogen) atoms. The number of fused-ring (bicyclic) bond motifs is 2. The van der Waals surface area contributed by atoms with Gasteiger partial charge in [-0.05, 0) is 68.1 Å². The van der Waals surface area contributed by atoms with Crippen molar-refractivity contribution >= 4 is 28.5 Å². The normalized spacial score (nSPS) is 14.2. The van der Waals surface area contributed by atoms with Crippen LogP contribution in [0.2, 0.25) is 0 Å². The van der Waals surface area contributed by atoms with E-state index in [0.29, 0.717) is 17.6 Å². The van der Waals surface area contributed by atoms with Crippen molar-refractivity contribution in [1.82, 2.24) is 19.9 Å². The quantitative estimate of drug-likeness (QED) is 0.109. The molecule has 2 aromatic heterocycles. The van der Waals surface area contributed by atoms with Gasteiger partial charge in [0.15, 0.2) is 23.3 Å². The largest absolute Gasteiger partial charge is 0.381 e. The molecule has 2 atom stereocenters. The third kappa shape index (κ3) is 5.39. The Bertz CT molecular complexity index is 2080. The zero-order valence-corrected chi connectivity index (χ0v) is 24.1. The summed E-state index contributed by atoms with van der Waals surface area (Å²) in [6.45, 7) is 3.07. The molecule has 236 valence electrons. The van der Waals surface area contributed by atoms with Crippen LogP contribution in [0.15, 0.2) is 53.5 Å². The number of pyridine rings is 1. The summed E-state index contributed by atoms with van der Waals surface area (Å²) in [4.78, 5) is 50.4. The number of carbonyl (C=O) groups excluding carboxylic acids is 2. The summed E-state index contributed by atoms with van der Waals surface area (Å²) in [5.74, 6) is -8.46. The van der Waals surface area contributed by atoms with E-state index in [2.05, 4.69) is 20.3 Å². The van der Waals surface area contributed by atoms with Crippen molar-refractivity contribution in [2.45, 2.75) is 38.8 Å². The topological polar surface area (TPSA) is 111 Å². The Morgan fingerprint density at radius 3 is 2.02 bits per heavy atom. The van der Waals surface area contributed by atoms with E-state index in [1.807, 2.05) is 0 Å². The van der Waals surface area contributed by atoms with Crippen molar-refractivity contribution in [3.63, 3.8) is 0 Å². The SMILES string of the molecule is C[C@@H](Cc1cc(F)cc(F)c1F)Nc1cc[nH]c(=O)c1-c1nc2cc3c(cc2[nH]1)C(=O)N([C@@H](C)Cc1cc(F)cc(F)c1F)C3=O. The number of aromatic nitrogens is 3. The lowest BCUT2D eigenvalue weighted by Gasteiger charge is -2.22. The van der Waals surface area contributed by atoms with Crippen molar-refractivity contribution in [2.75, 3.05) is 5.32 Å². The second-order valence-electron chi connectivity index (χ2n) is 11.1. The van der Waals surface area contributed by atoms with E-state index in [1.54, 1.807) is 6.92 Å². The fourth-order valence-electron chi connectivity index (χ4n) is 5.69. The van der Waals surface area contributed by atoms with E-state index >= 15 is 0 Å². The summed E-state index contributed by atoms with van der Waals surface area (Å²) in [5.41, 5.74) is -0.296. The Labute approximate surface area is 256 Å². The van der Waals surface area contributed by atoms with Gasteiger partial charge in [-0.1, -0.05) is 0 Å². The van der Waals surface area contributed by atoms with Crippen LogP contribution in [-0.4, -0.2) is 43.7 Å². The minimum absolute atomic E-state index is 0.00346. The van der Waals surface area contributed by atoms with Crippen LogP contribution in [0.4, 0.5) is 32.0 Å². The number of rotatable bonds is 8. The number of imidazole rings is 1. The summed E-state index contributed by atoms with van der Waals surface area (Å²) in [5, 5.41) is 3.04. The van der Waals surface area contributed by atoms with Gasteiger partial charge in [-0.3, -0.25) is 19.3 Å². The van der Waals surface area contributed by atoms with E-state index < -0.39 is 64.4 Å². The predicted octanol–water partition coefficient (Wildman–Crippen LogP) is 6.02. The molecule has 0 radical (unpaired) electrons. The number of aromatic amines is 2. The number of benzene rings is 3. The van der Waals surface area contributed by atoms with Crippen LogP contribution in [0.3, 0.4) is 0 Å². The number of imide groups is 1. The number of hydrogen-bond acceptors (Lipinski definition) is 5. The third-order valence-electron chi connectivity index (χ3n) is 7.74. The lowest BCUT2D eigenvalue weighted by molar-refractivity contribution is 0.0596. The summed E-state index contributed by atoms with van der Waals surface area (Å²) >= 11 is 0. The van der Waals surface area contributed by atoms with Crippen molar-refractivity contribution in [3.8, 4) is 11.4 Å². The summed E-state index contributed by atoms with van der Waals surface area (Å²) < 4.78 is 83.3. The highest BCUT2D eigenvalue weighted by molar-refractivity contribution is 6.23. The zero-order chi connectivity index (χ0) is 33.0. The highest BCUT2D eigenvalue weighted by Gasteiger charge is 2.39. The number of nitrogens with one attached hydrogen (secondary N) is 3. The Kier molecular flexibility index (Phi) is 7.66. The maximum Gasteiger partial charge on any atom is 0.261 e. The number of amides is 2. The Morgan fingerprint density at radius 1 is 0.804 bits per heavy atom. The summed E-state index contributed by atoms with van der Waals surface area (Å²) in [6.07, 6.45) is 0.898. The zero-order valence-electron chi connectivity index (χ0n) is 24.1. The van der Waals surface area contributed by atoms with E-state index in [1.165, 1.54) is 31.3 Å². The molecule has 1 aliphatic heterocycles. The van der Waals surface area contributed by atoms with Gasteiger partial charge in [0, 0.05) is 30.4 Å².